The predicted molar refractivity (Wildman–Crippen MR) is 153 cm³/mol. The molecule has 4 rings (SSSR count). The molecule has 2 aromatic carbocycles. The number of fused-ring (bicyclic) bond motifs is 1. The van der Waals surface area contributed by atoms with Crippen LogP contribution in [0.15, 0.2) is 65.3 Å². The zero-order chi connectivity index (χ0) is 28.7. The van der Waals surface area contributed by atoms with Gasteiger partial charge in [-0.15, -0.1) is 0 Å². The Kier molecular flexibility index (Phi) is 9.60. The Morgan fingerprint density at radius 1 is 1.05 bits per heavy atom. The molecule has 1 aliphatic heterocycles. The Balaban J connectivity index is 1.42. The van der Waals surface area contributed by atoms with Crippen molar-refractivity contribution in [2.75, 3.05) is 19.6 Å². The Morgan fingerprint density at radius 2 is 1.82 bits per heavy atom. The van der Waals surface area contributed by atoms with Gasteiger partial charge in [0.2, 0.25) is 17.7 Å². The summed E-state index contributed by atoms with van der Waals surface area (Å²) in [4.78, 5) is 41.4. The second kappa shape index (κ2) is 13.1. The van der Waals surface area contributed by atoms with Crippen molar-refractivity contribution in [3.05, 3.63) is 72.2 Å². The van der Waals surface area contributed by atoms with Gasteiger partial charge in [-0.3, -0.25) is 14.4 Å². The molecule has 1 saturated heterocycles. The number of aliphatic hydroxyl groups is 1. The first-order valence-electron chi connectivity index (χ1n) is 13.9. The van der Waals surface area contributed by atoms with Crippen molar-refractivity contribution in [1.29, 1.82) is 0 Å². The van der Waals surface area contributed by atoms with E-state index in [9.17, 15) is 19.5 Å². The number of hydrogen-bond acceptors (Lipinski definition) is 6. The van der Waals surface area contributed by atoms with Gasteiger partial charge in [0, 0.05) is 31.5 Å². The van der Waals surface area contributed by atoms with Crippen LogP contribution in [0.2, 0.25) is 0 Å². The van der Waals surface area contributed by atoms with Crippen molar-refractivity contribution in [2.24, 2.45) is 5.41 Å². The maximum Gasteiger partial charge on any atom is 0.243 e. The molecule has 0 saturated carbocycles. The monoisotopic (exact) mass is 548 g/mol. The van der Waals surface area contributed by atoms with Crippen LogP contribution in [0.25, 0.3) is 10.8 Å². The van der Waals surface area contributed by atoms with Crippen LogP contribution in [0.1, 0.15) is 44.9 Å². The highest BCUT2D eigenvalue weighted by Gasteiger charge is 2.39. The lowest BCUT2D eigenvalue weighted by molar-refractivity contribution is -0.145. The quantitative estimate of drug-likeness (QED) is 0.292. The molecule has 9 heteroatoms. The van der Waals surface area contributed by atoms with E-state index >= 15 is 0 Å². The summed E-state index contributed by atoms with van der Waals surface area (Å²) in [6.45, 7) is 6.78. The van der Waals surface area contributed by atoms with Gasteiger partial charge in [0.15, 0.2) is 0 Å². The van der Waals surface area contributed by atoms with Gasteiger partial charge < -0.3 is 30.4 Å². The molecule has 2 unspecified atom stereocenters. The van der Waals surface area contributed by atoms with Gasteiger partial charge in [0.25, 0.3) is 0 Å². The normalized spacial score (nSPS) is 17.0. The molecule has 0 radical (unpaired) electrons. The van der Waals surface area contributed by atoms with Crippen LogP contribution in [0.4, 0.5) is 0 Å². The van der Waals surface area contributed by atoms with E-state index in [0.717, 1.165) is 28.5 Å². The summed E-state index contributed by atoms with van der Waals surface area (Å²) in [6.07, 6.45) is 2.32. The number of carbonyl (C=O) groups is 3. The summed E-state index contributed by atoms with van der Waals surface area (Å²) in [5.74, 6) is -0.0545. The molecule has 0 bridgehead atoms. The second-order valence-corrected chi connectivity index (χ2v) is 11.5. The van der Waals surface area contributed by atoms with Gasteiger partial charge in [-0.2, -0.15) is 0 Å². The van der Waals surface area contributed by atoms with Crippen molar-refractivity contribution in [1.82, 2.24) is 20.9 Å². The summed E-state index contributed by atoms with van der Waals surface area (Å²) in [6, 6.07) is 16.1. The zero-order valence-electron chi connectivity index (χ0n) is 23.5. The van der Waals surface area contributed by atoms with Crippen molar-refractivity contribution >= 4 is 28.5 Å². The lowest BCUT2D eigenvalue weighted by atomic mass is 9.94. The van der Waals surface area contributed by atoms with Crippen LogP contribution in [0.3, 0.4) is 0 Å². The summed E-state index contributed by atoms with van der Waals surface area (Å²) < 4.78 is 5.27. The van der Waals surface area contributed by atoms with Gasteiger partial charge in [0.1, 0.15) is 17.8 Å². The molecule has 0 aliphatic carbocycles. The summed E-state index contributed by atoms with van der Waals surface area (Å²) in [7, 11) is 0. The maximum absolute atomic E-state index is 13.4. The molecule has 1 aromatic heterocycles. The van der Waals surface area contributed by atoms with Gasteiger partial charge in [-0.25, -0.2) is 0 Å². The number of amides is 3. The summed E-state index contributed by atoms with van der Waals surface area (Å²) in [5, 5.41) is 21.3. The van der Waals surface area contributed by atoms with Crippen LogP contribution in [0.5, 0.6) is 0 Å². The highest BCUT2D eigenvalue weighted by Crippen LogP contribution is 2.26. The van der Waals surface area contributed by atoms with Crippen LogP contribution >= 0.6 is 0 Å². The first kappa shape index (κ1) is 29.3. The highest BCUT2D eigenvalue weighted by molar-refractivity contribution is 5.93. The highest BCUT2D eigenvalue weighted by atomic mass is 16.3. The first-order chi connectivity index (χ1) is 19.1. The minimum atomic E-state index is -0.871. The predicted octanol–water partition coefficient (Wildman–Crippen LogP) is 2.76. The van der Waals surface area contributed by atoms with E-state index < -0.39 is 29.5 Å². The fraction of sp³-hybridized carbons (Fsp3) is 0.452. The van der Waals surface area contributed by atoms with Crippen molar-refractivity contribution in [2.45, 2.75) is 64.8 Å². The lowest BCUT2D eigenvalue weighted by Crippen LogP contribution is -2.55. The van der Waals surface area contributed by atoms with Crippen molar-refractivity contribution < 1.29 is 23.9 Å². The average Bonchev–Trinajstić information content (AvgIpc) is 3.63. The van der Waals surface area contributed by atoms with Crippen LogP contribution in [-0.4, -0.2) is 65.5 Å². The molecule has 3 amide bonds. The number of hydrogen-bond donors (Lipinski definition) is 4. The van der Waals surface area contributed by atoms with E-state index in [-0.39, 0.29) is 31.3 Å². The summed E-state index contributed by atoms with van der Waals surface area (Å²) >= 11 is 0. The van der Waals surface area contributed by atoms with Crippen LogP contribution < -0.4 is 16.0 Å². The van der Waals surface area contributed by atoms with Gasteiger partial charge in [0.05, 0.1) is 18.9 Å². The molecule has 214 valence electrons. The smallest absolute Gasteiger partial charge is 0.243 e. The van der Waals surface area contributed by atoms with E-state index in [1.165, 1.54) is 0 Å². The zero-order valence-corrected chi connectivity index (χ0v) is 23.5. The number of aliphatic hydroxyl groups excluding tert-OH is 1. The van der Waals surface area contributed by atoms with E-state index in [4.69, 9.17) is 4.42 Å². The molecule has 3 atom stereocenters. The number of rotatable bonds is 11. The largest absolute Gasteiger partial charge is 0.468 e. The molecule has 4 N–H and O–H groups in total. The molecule has 1 fully saturated rings. The molecule has 0 spiro atoms. The third-order valence-corrected chi connectivity index (χ3v) is 7.12. The number of benzene rings is 2. The molecule has 3 aromatic rings. The molecule has 2 heterocycles. The second-order valence-electron chi connectivity index (χ2n) is 11.5. The molecule has 1 aliphatic rings. The van der Waals surface area contributed by atoms with E-state index in [1.807, 2.05) is 69.3 Å². The van der Waals surface area contributed by atoms with Gasteiger partial charge >= 0.3 is 0 Å². The molecule has 40 heavy (non-hydrogen) atoms. The average molecular weight is 549 g/mol. The molecular weight excluding hydrogens is 508 g/mol. The summed E-state index contributed by atoms with van der Waals surface area (Å²) in [5.41, 5.74) is 0.292. The third kappa shape index (κ3) is 7.70. The standard InChI is InChI=1S/C31H40N4O5/c1-31(2,3)30(39)35-14-6-11-27(35)29(38)34-26(17-21-12-13-22-8-4-5-9-23(22)16-21)28(37)33-19-24(36)18-32-20-25-10-7-15-40-25/h4-5,7-10,12-13,15-16,24,26-27,32,36H,6,11,14,17-20H2,1-3H3,(H,33,37)(H,34,38)/t24?,26-,27?/m1/s1. The Bertz CT molecular complexity index is 1300. The topological polar surface area (TPSA) is 124 Å². The van der Waals surface area contributed by atoms with Gasteiger partial charge in [-0.05, 0) is 41.3 Å². The van der Waals surface area contributed by atoms with Gasteiger partial charge in [-0.1, -0.05) is 63.2 Å². The Hall–Kier alpha value is -3.69. The van der Waals surface area contributed by atoms with E-state index in [2.05, 4.69) is 16.0 Å². The van der Waals surface area contributed by atoms with E-state index in [0.29, 0.717) is 19.5 Å². The van der Waals surface area contributed by atoms with Crippen molar-refractivity contribution in [3.63, 3.8) is 0 Å². The maximum atomic E-state index is 13.4. The number of carbonyl (C=O) groups excluding carboxylic acids is 3. The lowest BCUT2D eigenvalue weighted by Gasteiger charge is -2.31. The number of nitrogens with zero attached hydrogens (tertiary/aromatic N) is 1. The minimum Gasteiger partial charge on any atom is -0.468 e. The minimum absolute atomic E-state index is 0.0200. The SMILES string of the molecule is CC(C)(C)C(=O)N1CCCC1C(=O)N[C@H](Cc1ccc2ccccc2c1)C(=O)NCC(O)CNCc1ccco1. The Labute approximate surface area is 235 Å². The Morgan fingerprint density at radius 3 is 2.55 bits per heavy atom. The fourth-order valence-electron chi connectivity index (χ4n) is 4.98. The number of nitrogens with one attached hydrogen (secondary N) is 3. The van der Waals surface area contributed by atoms with Crippen LogP contribution in [-0.2, 0) is 27.3 Å². The molecule has 9 nitrogen and oxygen atoms in total. The number of furan rings is 1. The molecular formula is C31H40N4O5. The number of likely N-dealkylation sites (tertiary alicyclic amines) is 1. The van der Waals surface area contributed by atoms with Crippen LogP contribution in [0, 0.1) is 5.41 Å². The fourth-order valence-corrected chi connectivity index (χ4v) is 4.98. The van der Waals surface area contributed by atoms with E-state index in [1.54, 1.807) is 17.2 Å². The van der Waals surface area contributed by atoms with Crippen molar-refractivity contribution in [3.8, 4) is 0 Å². The third-order valence-electron chi connectivity index (χ3n) is 7.12. The first-order valence-corrected chi connectivity index (χ1v) is 13.9.